The Morgan fingerprint density at radius 2 is 2.00 bits per heavy atom. The lowest BCUT2D eigenvalue weighted by Crippen LogP contribution is -2.35. The maximum absolute atomic E-state index is 11.5. The zero-order valence-corrected chi connectivity index (χ0v) is 10.5. The molecule has 0 aromatic rings. The number of hydrogen-bond acceptors (Lipinski definition) is 4. The van der Waals surface area contributed by atoms with E-state index in [1.165, 1.54) is 6.21 Å². The van der Waals surface area contributed by atoms with Gasteiger partial charge in [-0.05, 0) is 38.5 Å². The molecule has 0 aromatic carbocycles. The number of carbonyl (C=O) groups excluding carboxylic acids is 1. The van der Waals surface area contributed by atoms with Crippen molar-refractivity contribution < 1.29 is 19.9 Å². The molecular weight excluding hydrogens is 236 g/mol. The van der Waals surface area contributed by atoms with Crippen LogP contribution in [0.4, 0.5) is 0 Å². The summed E-state index contributed by atoms with van der Waals surface area (Å²) in [4.78, 5) is 22.3. The summed E-state index contributed by atoms with van der Waals surface area (Å²) in [5.74, 6) is -1.22. The van der Waals surface area contributed by atoms with Crippen LogP contribution in [-0.2, 0) is 9.59 Å². The van der Waals surface area contributed by atoms with Gasteiger partial charge in [0.2, 0.25) is 5.91 Å². The number of carboxylic acids is 1. The van der Waals surface area contributed by atoms with Gasteiger partial charge in [-0.15, -0.1) is 5.16 Å². The molecule has 0 spiro atoms. The molecule has 1 aliphatic carbocycles. The molecule has 6 nitrogen and oxygen atoms in total. The zero-order valence-electron chi connectivity index (χ0n) is 10.5. The van der Waals surface area contributed by atoms with Gasteiger partial charge in [0.05, 0.1) is 18.1 Å². The van der Waals surface area contributed by atoms with Crippen molar-refractivity contribution in [3.8, 4) is 0 Å². The fourth-order valence-corrected chi connectivity index (χ4v) is 2.19. The molecule has 1 aliphatic rings. The van der Waals surface area contributed by atoms with Crippen LogP contribution in [0.25, 0.3) is 0 Å². The summed E-state index contributed by atoms with van der Waals surface area (Å²) in [6.07, 6.45) is 4.21. The van der Waals surface area contributed by atoms with Crippen LogP contribution in [0.15, 0.2) is 5.16 Å². The average molecular weight is 256 g/mol. The Morgan fingerprint density at radius 3 is 2.50 bits per heavy atom. The number of nitrogens with zero attached hydrogens (tertiary/aromatic N) is 1. The minimum absolute atomic E-state index is 0.173. The van der Waals surface area contributed by atoms with Crippen LogP contribution in [0.2, 0.25) is 0 Å². The Kier molecular flexibility index (Phi) is 5.61. The van der Waals surface area contributed by atoms with Gasteiger partial charge in [-0.2, -0.15) is 0 Å². The van der Waals surface area contributed by atoms with E-state index in [-0.39, 0.29) is 11.8 Å². The van der Waals surface area contributed by atoms with Crippen molar-refractivity contribution in [2.24, 2.45) is 22.9 Å². The third-order valence-electron chi connectivity index (χ3n) is 3.46. The lowest BCUT2D eigenvalue weighted by atomic mass is 9.82. The quantitative estimate of drug-likeness (QED) is 0.389. The molecule has 0 radical (unpaired) electrons. The second kappa shape index (κ2) is 6.98. The second-order valence-corrected chi connectivity index (χ2v) is 4.85. The predicted octanol–water partition coefficient (Wildman–Crippen LogP) is 1.09. The molecule has 6 heteroatoms. The van der Waals surface area contributed by atoms with Crippen molar-refractivity contribution in [1.29, 1.82) is 0 Å². The van der Waals surface area contributed by atoms with E-state index >= 15 is 0 Å². The first kappa shape index (κ1) is 14.5. The molecule has 0 saturated heterocycles. The third kappa shape index (κ3) is 4.35. The Labute approximate surface area is 106 Å². The molecule has 1 atom stereocenters. The molecule has 0 aliphatic heterocycles. The van der Waals surface area contributed by atoms with Crippen LogP contribution < -0.4 is 5.32 Å². The van der Waals surface area contributed by atoms with Gasteiger partial charge in [0, 0.05) is 6.54 Å². The highest BCUT2D eigenvalue weighted by Crippen LogP contribution is 2.28. The van der Waals surface area contributed by atoms with E-state index in [0.29, 0.717) is 25.3 Å². The van der Waals surface area contributed by atoms with E-state index in [0.717, 1.165) is 12.8 Å². The third-order valence-corrected chi connectivity index (χ3v) is 3.46. The van der Waals surface area contributed by atoms with Gasteiger partial charge < -0.3 is 15.6 Å². The largest absolute Gasteiger partial charge is 0.481 e. The molecule has 0 aromatic heterocycles. The van der Waals surface area contributed by atoms with Crippen molar-refractivity contribution in [2.75, 3.05) is 6.54 Å². The first-order chi connectivity index (χ1) is 8.54. The predicted molar refractivity (Wildman–Crippen MR) is 65.5 cm³/mol. The topological polar surface area (TPSA) is 99.0 Å². The number of aliphatic carboxylic acids is 1. The van der Waals surface area contributed by atoms with Crippen molar-refractivity contribution in [3.63, 3.8) is 0 Å². The zero-order chi connectivity index (χ0) is 13.5. The van der Waals surface area contributed by atoms with Gasteiger partial charge in [-0.25, -0.2) is 0 Å². The Balaban J connectivity index is 2.25. The highest BCUT2D eigenvalue weighted by Gasteiger charge is 2.26. The Hall–Kier alpha value is -1.59. The number of amides is 1. The maximum atomic E-state index is 11.5. The highest BCUT2D eigenvalue weighted by molar-refractivity contribution is 5.92. The molecule has 102 valence electrons. The molecule has 1 rings (SSSR count). The van der Waals surface area contributed by atoms with E-state index < -0.39 is 11.9 Å². The van der Waals surface area contributed by atoms with Crippen LogP contribution in [0.5, 0.6) is 0 Å². The Bertz CT molecular complexity index is 322. The monoisotopic (exact) mass is 256 g/mol. The molecule has 1 unspecified atom stereocenters. The molecule has 0 heterocycles. The van der Waals surface area contributed by atoms with Gasteiger partial charge in [-0.3, -0.25) is 9.59 Å². The minimum atomic E-state index is -0.717. The van der Waals surface area contributed by atoms with Crippen molar-refractivity contribution >= 4 is 18.1 Å². The number of carbonyl (C=O) groups is 2. The van der Waals surface area contributed by atoms with Gasteiger partial charge in [0.1, 0.15) is 0 Å². The number of rotatable bonds is 5. The van der Waals surface area contributed by atoms with E-state index in [2.05, 4.69) is 10.5 Å². The normalized spacial score (nSPS) is 25.8. The van der Waals surface area contributed by atoms with Crippen LogP contribution in [0.3, 0.4) is 0 Å². The summed E-state index contributed by atoms with van der Waals surface area (Å²) in [7, 11) is 0. The van der Waals surface area contributed by atoms with Gasteiger partial charge in [-0.1, -0.05) is 0 Å². The molecule has 18 heavy (non-hydrogen) atoms. The number of nitrogens with one attached hydrogen (secondary N) is 1. The van der Waals surface area contributed by atoms with Gasteiger partial charge in [0.15, 0.2) is 0 Å². The Morgan fingerprint density at radius 1 is 1.39 bits per heavy atom. The summed E-state index contributed by atoms with van der Waals surface area (Å²) in [5, 5.41) is 22.8. The lowest BCUT2D eigenvalue weighted by molar-refractivity contribution is -0.143. The van der Waals surface area contributed by atoms with Gasteiger partial charge >= 0.3 is 5.97 Å². The smallest absolute Gasteiger partial charge is 0.306 e. The number of hydrogen-bond donors (Lipinski definition) is 3. The molecule has 3 N–H and O–H groups in total. The molecule has 0 bridgehead atoms. The molecule has 1 amide bonds. The van der Waals surface area contributed by atoms with Crippen LogP contribution in [-0.4, -0.2) is 34.9 Å². The number of carboxylic acid groups (broad SMARTS) is 1. The average Bonchev–Trinajstić information content (AvgIpc) is 2.36. The van der Waals surface area contributed by atoms with E-state index in [1.807, 2.05) is 0 Å². The lowest BCUT2D eigenvalue weighted by Gasteiger charge is -2.26. The fraction of sp³-hybridized carbons (Fsp3) is 0.750. The molecule has 1 fully saturated rings. The number of oxime groups is 1. The van der Waals surface area contributed by atoms with E-state index in [1.54, 1.807) is 6.92 Å². The summed E-state index contributed by atoms with van der Waals surface area (Å²) in [6.45, 7) is 2.21. The van der Waals surface area contributed by atoms with Crippen LogP contribution in [0, 0.1) is 17.8 Å². The molecule has 1 saturated carbocycles. The fourth-order valence-electron chi connectivity index (χ4n) is 2.19. The van der Waals surface area contributed by atoms with Crippen LogP contribution in [0.1, 0.15) is 32.6 Å². The second-order valence-electron chi connectivity index (χ2n) is 4.85. The first-order valence-corrected chi connectivity index (χ1v) is 6.22. The first-order valence-electron chi connectivity index (χ1n) is 6.22. The highest BCUT2D eigenvalue weighted by atomic mass is 16.4. The van der Waals surface area contributed by atoms with Gasteiger partial charge in [0.25, 0.3) is 0 Å². The maximum Gasteiger partial charge on any atom is 0.306 e. The van der Waals surface area contributed by atoms with Crippen LogP contribution >= 0.6 is 0 Å². The minimum Gasteiger partial charge on any atom is -0.481 e. The SMILES string of the molecule is CC(C=NO)C(=O)NCC1CCC(C(=O)O)CC1. The summed E-state index contributed by atoms with van der Waals surface area (Å²) >= 11 is 0. The summed E-state index contributed by atoms with van der Waals surface area (Å²) in [6, 6.07) is 0. The van der Waals surface area contributed by atoms with E-state index in [4.69, 9.17) is 10.3 Å². The summed E-state index contributed by atoms with van der Waals surface area (Å²) in [5.41, 5.74) is 0. The summed E-state index contributed by atoms with van der Waals surface area (Å²) < 4.78 is 0. The van der Waals surface area contributed by atoms with Crippen molar-refractivity contribution in [1.82, 2.24) is 5.32 Å². The van der Waals surface area contributed by atoms with E-state index in [9.17, 15) is 9.59 Å². The van der Waals surface area contributed by atoms with Crippen molar-refractivity contribution in [3.05, 3.63) is 0 Å². The molecular formula is C12H20N2O4. The standard InChI is InChI=1S/C12H20N2O4/c1-8(6-14-18)11(15)13-7-9-2-4-10(5-3-9)12(16)17/h6,8-10,18H,2-5,7H2,1H3,(H,13,15)(H,16,17). The van der Waals surface area contributed by atoms with Crippen molar-refractivity contribution in [2.45, 2.75) is 32.6 Å².